The highest BCUT2D eigenvalue weighted by atomic mass is 35.5. The number of aryl methyl sites for hydroxylation is 1. The number of rotatable bonds is 6. The number of morpholine rings is 1. The molecule has 1 N–H and O–H groups in total. The van der Waals surface area contributed by atoms with E-state index < -0.39 is 0 Å². The first-order chi connectivity index (χ1) is 19.5. The van der Waals surface area contributed by atoms with Crippen LogP contribution < -0.4 is 10.9 Å². The van der Waals surface area contributed by atoms with Crippen molar-refractivity contribution in [1.29, 1.82) is 0 Å². The van der Waals surface area contributed by atoms with Crippen molar-refractivity contribution in [2.45, 2.75) is 19.6 Å². The fraction of sp³-hybridized carbons (Fsp3) is 0.226. The summed E-state index contributed by atoms with van der Waals surface area (Å²) < 4.78 is 7.58. The number of halogens is 1. The van der Waals surface area contributed by atoms with Gasteiger partial charge in [0.2, 0.25) is 5.95 Å². The molecule has 0 aliphatic carbocycles. The van der Waals surface area contributed by atoms with Gasteiger partial charge in [0, 0.05) is 64.8 Å². The second-order valence-corrected chi connectivity index (χ2v) is 10.3. The first kappa shape index (κ1) is 26.1. The summed E-state index contributed by atoms with van der Waals surface area (Å²) in [4.78, 5) is 29.5. The van der Waals surface area contributed by atoms with Crippen LogP contribution in [0.2, 0.25) is 5.02 Å². The molecule has 1 fully saturated rings. The monoisotopic (exact) mass is 552 g/mol. The molecular formula is C31H29ClN6O2. The zero-order chi connectivity index (χ0) is 27.6. The maximum atomic E-state index is 13.6. The second kappa shape index (κ2) is 11.2. The first-order valence-electron chi connectivity index (χ1n) is 13.3. The van der Waals surface area contributed by atoms with Crippen LogP contribution in [0.3, 0.4) is 0 Å². The lowest BCUT2D eigenvalue weighted by atomic mass is 10.0. The largest absolute Gasteiger partial charge is 0.371 e. The first-order valence-corrected chi connectivity index (χ1v) is 13.7. The van der Waals surface area contributed by atoms with E-state index in [1.54, 1.807) is 17.0 Å². The fourth-order valence-corrected chi connectivity index (χ4v) is 5.30. The number of hydrogen-bond donors (Lipinski definition) is 1. The van der Waals surface area contributed by atoms with Gasteiger partial charge in [-0.1, -0.05) is 41.9 Å². The van der Waals surface area contributed by atoms with Gasteiger partial charge < -0.3 is 15.0 Å². The molecule has 1 unspecified atom stereocenters. The number of fused-ring (bicyclic) bond motifs is 1. The molecule has 0 spiro atoms. The van der Waals surface area contributed by atoms with E-state index in [0.29, 0.717) is 34.3 Å². The van der Waals surface area contributed by atoms with Crippen molar-refractivity contribution in [3.63, 3.8) is 0 Å². The van der Waals surface area contributed by atoms with Crippen LogP contribution in [0.1, 0.15) is 18.6 Å². The summed E-state index contributed by atoms with van der Waals surface area (Å²) in [5.74, 6) is 0.418. The number of nitrogens with zero attached hydrogens (tertiary/aromatic N) is 5. The Morgan fingerprint density at radius 2 is 1.90 bits per heavy atom. The van der Waals surface area contributed by atoms with E-state index in [2.05, 4.69) is 39.4 Å². The molecule has 4 heterocycles. The van der Waals surface area contributed by atoms with E-state index in [-0.39, 0.29) is 11.7 Å². The molecule has 9 heteroatoms. The van der Waals surface area contributed by atoms with Gasteiger partial charge in [0.1, 0.15) is 5.65 Å². The molecule has 1 saturated heterocycles. The molecule has 2 aromatic carbocycles. The Labute approximate surface area is 237 Å². The Bertz CT molecular complexity index is 1720. The number of anilines is 2. The van der Waals surface area contributed by atoms with E-state index in [9.17, 15) is 4.79 Å². The Kier molecular flexibility index (Phi) is 7.30. The van der Waals surface area contributed by atoms with Gasteiger partial charge >= 0.3 is 0 Å². The summed E-state index contributed by atoms with van der Waals surface area (Å²) in [7, 11) is 2.11. The van der Waals surface area contributed by atoms with Gasteiger partial charge in [0.15, 0.2) is 0 Å². The smallest absolute Gasteiger partial charge is 0.260 e. The minimum atomic E-state index is -0.158. The number of aromatic nitrogens is 4. The molecule has 8 nitrogen and oxygen atoms in total. The SMILES string of the molecule is CCn1c(=O)c(-c2ccc(-c3ccccn3)cc2Cl)cc2cnc(Nc3ccc(C4CN(C)CCO4)cc3)nc21. The van der Waals surface area contributed by atoms with Gasteiger partial charge in [-0.2, -0.15) is 4.98 Å². The average molecular weight is 553 g/mol. The molecule has 3 aromatic heterocycles. The van der Waals surface area contributed by atoms with E-state index in [1.165, 1.54) is 0 Å². The number of benzene rings is 2. The van der Waals surface area contributed by atoms with Crippen molar-refractivity contribution in [3.05, 3.63) is 100 Å². The van der Waals surface area contributed by atoms with Crippen LogP contribution in [0.4, 0.5) is 11.6 Å². The van der Waals surface area contributed by atoms with Crippen molar-refractivity contribution in [3.8, 4) is 22.4 Å². The van der Waals surface area contributed by atoms with Crippen LogP contribution in [-0.4, -0.2) is 51.2 Å². The molecule has 202 valence electrons. The maximum Gasteiger partial charge on any atom is 0.260 e. The van der Waals surface area contributed by atoms with E-state index in [0.717, 1.165) is 47.6 Å². The van der Waals surface area contributed by atoms with Crippen molar-refractivity contribution in [2.75, 3.05) is 32.1 Å². The van der Waals surface area contributed by atoms with Crippen LogP contribution in [0, 0.1) is 0 Å². The molecule has 40 heavy (non-hydrogen) atoms. The summed E-state index contributed by atoms with van der Waals surface area (Å²) in [6.45, 7) is 4.93. The van der Waals surface area contributed by atoms with Crippen LogP contribution >= 0.6 is 11.6 Å². The van der Waals surface area contributed by atoms with Crippen LogP contribution in [0.25, 0.3) is 33.4 Å². The number of likely N-dealkylation sites (N-methyl/N-ethyl adjacent to an activating group) is 1. The Hall–Kier alpha value is -4.11. The zero-order valence-electron chi connectivity index (χ0n) is 22.3. The molecule has 0 saturated carbocycles. The fourth-order valence-electron chi connectivity index (χ4n) is 5.02. The molecule has 0 radical (unpaired) electrons. The van der Waals surface area contributed by atoms with E-state index in [1.807, 2.05) is 61.5 Å². The lowest BCUT2D eigenvalue weighted by molar-refractivity contribution is -0.0208. The van der Waals surface area contributed by atoms with Gasteiger partial charge in [-0.05, 0) is 55.9 Å². The Morgan fingerprint density at radius 3 is 2.62 bits per heavy atom. The molecule has 6 rings (SSSR count). The number of pyridine rings is 2. The summed E-state index contributed by atoms with van der Waals surface area (Å²) >= 11 is 6.69. The lowest BCUT2D eigenvalue weighted by Crippen LogP contribution is -2.35. The predicted molar refractivity (Wildman–Crippen MR) is 159 cm³/mol. The van der Waals surface area contributed by atoms with Crippen LogP contribution in [0.15, 0.2) is 83.9 Å². The summed E-state index contributed by atoms with van der Waals surface area (Å²) in [5.41, 5.74) is 5.26. The molecule has 1 aliphatic heterocycles. The predicted octanol–water partition coefficient (Wildman–Crippen LogP) is 5.94. The van der Waals surface area contributed by atoms with Gasteiger partial charge in [0.05, 0.1) is 18.4 Å². The van der Waals surface area contributed by atoms with Crippen molar-refractivity contribution in [2.24, 2.45) is 0 Å². The lowest BCUT2D eigenvalue weighted by Gasteiger charge is -2.30. The second-order valence-electron chi connectivity index (χ2n) is 9.86. The highest BCUT2D eigenvalue weighted by molar-refractivity contribution is 6.33. The minimum Gasteiger partial charge on any atom is -0.371 e. The van der Waals surface area contributed by atoms with Crippen LogP contribution in [0.5, 0.6) is 0 Å². The number of nitrogens with one attached hydrogen (secondary N) is 1. The third-order valence-electron chi connectivity index (χ3n) is 7.17. The summed E-state index contributed by atoms with van der Waals surface area (Å²) in [5, 5.41) is 4.50. The standard InChI is InChI=1S/C31H29ClN6O2/c1-3-38-29-22(16-25(30(38)39)24-12-9-21(17-26(24)32)27-6-4-5-13-33-27)18-34-31(36-29)35-23-10-7-20(8-11-23)28-19-37(2)14-15-40-28/h4-13,16-18,28H,3,14-15,19H2,1-2H3,(H,34,35,36). The third kappa shape index (κ3) is 5.21. The van der Waals surface area contributed by atoms with E-state index in [4.69, 9.17) is 21.3 Å². The topological polar surface area (TPSA) is 85.2 Å². The molecule has 0 amide bonds. The number of ether oxygens (including phenoxy) is 1. The van der Waals surface area contributed by atoms with Gasteiger partial charge in [0.25, 0.3) is 5.56 Å². The van der Waals surface area contributed by atoms with Gasteiger partial charge in [-0.3, -0.25) is 14.3 Å². The molecule has 0 bridgehead atoms. The summed E-state index contributed by atoms with van der Waals surface area (Å²) in [6.07, 6.45) is 3.54. The van der Waals surface area contributed by atoms with E-state index >= 15 is 0 Å². The third-order valence-corrected chi connectivity index (χ3v) is 7.48. The average Bonchev–Trinajstić information content (AvgIpc) is 2.98. The van der Waals surface area contributed by atoms with Gasteiger partial charge in [-0.25, -0.2) is 4.98 Å². The van der Waals surface area contributed by atoms with Crippen molar-refractivity contribution in [1.82, 2.24) is 24.4 Å². The molecular weight excluding hydrogens is 524 g/mol. The van der Waals surface area contributed by atoms with Crippen molar-refractivity contribution >= 4 is 34.3 Å². The van der Waals surface area contributed by atoms with Crippen molar-refractivity contribution < 1.29 is 4.74 Å². The van der Waals surface area contributed by atoms with Gasteiger partial charge in [-0.15, -0.1) is 0 Å². The Morgan fingerprint density at radius 1 is 1.05 bits per heavy atom. The zero-order valence-corrected chi connectivity index (χ0v) is 23.1. The summed E-state index contributed by atoms with van der Waals surface area (Å²) in [6, 6.07) is 21.3. The molecule has 1 atom stereocenters. The normalized spacial score (nSPS) is 15.8. The highest BCUT2D eigenvalue weighted by Gasteiger charge is 2.19. The maximum absolute atomic E-state index is 13.6. The minimum absolute atomic E-state index is 0.0672. The number of hydrogen-bond acceptors (Lipinski definition) is 7. The molecule has 1 aliphatic rings. The van der Waals surface area contributed by atoms with Crippen LogP contribution in [-0.2, 0) is 11.3 Å². The Balaban J connectivity index is 1.29. The highest BCUT2D eigenvalue weighted by Crippen LogP contribution is 2.32. The quantitative estimate of drug-likeness (QED) is 0.279. The molecule has 5 aromatic rings.